The quantitative estimate of drug-likeness (QED) is 0.459. The van der Waals surface area contributed by atoms with Gasteiger partial charge >= 0.3 is 0 Å². The van der Waals surface area contributed by atoms with Crippen molar-refractivity contribution in [1.29, 1.82) is 0 Å². The molecule has 3 aromatic carbocycles. The third-order valence-electron chi connectivity index (χ3n) is 7.39. The number of rotatable bonds is 6. The topological polar surface area (TPSA) is 59.1 Å². The van der Waals surface area contributed by atoms with Gasteiger partial charge < -0.3 is 19.3 Å². The Morgan fingerprint density at radius 1 is 0.811 bits per heavy atom. The van der Waals surface area contributed by atoms with Crippen molar-refractivity contribution < 1.29 is 19.1 Å². The van der Waals surface area contributed by atoms with Crippen molar-refractivity contribution in [1.82, 2.24) is 9.80 Å². The lowest BCUT2D eigenvalue weighted by atomic mass is 9.89. The van der Waals surface area contributed by atoms with Gasteiger partial charge in [0.05, 0.1) is 25.0 Å². The summed E-state index contributed by atoms with van der Waals surface area (Å²) in [5, 5.41) is 0. The number of carbonyl (C=O) groups excluding carboxylic acids is 2. The molecule has 2 fully saturated rings. The molecule has 0 radical (unpaired) electrons. The number of hydrogen-bond acceptors (Lipinski definition) is 5. The predicted octanol–water partition coefficient (Wildman–Crippen LogP) is 5.04. The second-order valence-electron chi connectivity index (χ2n) is 9.43. The molecule has 6 nitrogen and oxygen atoms in total. The number of thioether (sulfide) groups is 1. The summed E-state index contributed by atoms with van der Waals surface area (Å²) in [6.07, 6.45) is 1.49. The van der Waals surface area contributed by atoms with Gasteiger partial charge in [-0.05, 0) is 36.1 Å². The Balaban J connectivity index is 1.35. The lowest BCUT2D eigenvalue weighted by molar-refractivity contribution is -0.133. The van der Waals surface area contributed by atoms with E-state index in [-0.39, 0.29) is 22.6 Å². The van der Waals surface area contributed by atoms with Crippen LogP contribution in [0.25, 0.3) is 0 Å². The van der Waals surface area contributed by atoms with Gasteiger partial charge in [-0.1, -0.05) is 60.7 Å². The van der Waals surface area contributed by atoms with Crippen LogP contribution in [0.15, 0.2) is 78.9 Å². The van der Waals surface area contributed by atoms with Crippen LogP contribution in [0, 0.1) is 0 Å². The van der Waals surface area contributed by atoms with Crippen LogP contribution in [0.4, 0.5) is 0 Å². The number of piperidine rings is 1. The first-order valence-corrected chi connectivity index (χ1v) is 13.6. The van der Waals surface area contributed by atoms with Gasteiger partial charge in [0.1, 0.15) is 11.5 Å². The summed E-state index contributed by atoms with van der Waals surface area (Å²) in [5.41, 5.74) is 2.56. The van der Waals surface area contributed by atoms with Crippen molar-refractivity contribution in [2.24, 2.45) is 0 Å². The van der Waals surface area contributed by atoms with Crippen LogP contribution in [0.2, 0.25) is 0 Å². The second kappa shape index (κ2) is 10.9. The second-order valence-corrected chi connectivity index (χ2v) is 10.9. The maximum absolute atomic E-state index is 13.9. The minimum atomic E-state index is -0.338. The van der Waals surface area contributed by atoms with Gasteiger partial charge in [0.25, 0.3) is 5.91 Å². The van der Waals surface area contributed by atoms with Crippen molar-refractivity contribution in [3.63, 3.8) is 0 Å². The summed E-state index contributed by atoms with van der Waals surface area (Å²) in [6.45, 7) is 1.92. The number of likely N-dealkylation sites (tertiary alicyclic amines) is 1. The molecule has 2 aliphatic rings. The maximum atomic E-state index is 13.9. The number of hydrogen-bond donors (Lipinski definition) is 0. The van der Waals surface area contributed by atoms with E-state index >= 15 is 0 Å². The highest BCUT2D eigenvalue weighted by atomic mass is 32.2. The minimum absolute atomic E-state index is 0.0200. The summed E-state index contributed by atoms with van der Waals surface area (Å²) in [5.74, 6) is 1.83. The molecule has 0 unspecified atom stereocenters. The van der Waals surface area contributed by atoms with E-state index in [9.17, 15) is 9.59 Å². The molecular weight excluding hydrogens is 484 g/mol. The monoisotopic (exact) mass is 516 g/mol. The fourth-order valence-corrected chi connectivity index (χ4v) is 6.88. The lowest BCUT2D eigenvalue weighted by Gasteiger charge is -2.44. The number of benzene rings is 3. The van der Waals surface area contributed by atoms with Gasteiger partial charge in [0.2, 0.25) is 5.91 Å². The smallest absolute Gasteiger partial charge is 0.255 e. The number of methoxy groups -OCH3 is 2. The zero-order chi connectivity index (χ0) is 25.8. The van der Waals surface area contributed by atoms with Gasteiger partial charge in [-0.2, -0.15) is 0 Å². The zero-order valence-electron chi connectivity index (χ0n) is 21.3. The molecule has 0 saturated carbocycles. The summed E-state index contributed by atoms with van der Waals surface area (Å²) >= 11 is 1.84. The van der Waals surface area contributed by atoms with Crippen molar-refractivity contribution in [3.05, 3.63) is 95.6 Å². The molecular formula is C30H32N2O4S. The average molecular weight is 517 g/mol. The molecule has 5 rings (SSSR count). The highest BCUT2D eigenvalue weighted by Crippen LogP contribution is 2.45. The summed E-state index contributed by atoms with van der Waals surface area (Å²) < 4.78 is 10.8. The Kier molecular flexibility index (Phi) is 7.42. The average Bonchev–Trinajstić information content (AvgIpc) is 3.36. The molecule has 0 atom stereocenters. The van der Waals surface area contributed by atoms with E-state index in [0.717, 1.165) is 29.7 Å². The van der Waals surface area contributed by atoms with Crippen LogP contribution in [0.3, 0.4) is 0 Å². The zero-order valence-corrected chi connectivity index (χ0v) is 22.1. The van der Waals surface area contributed by atoms with Gasteiger partial charge in [-0.3, -0.25) is 9.59 Å². The van der Waals surface area contributed by atoms with Crippen LogP contribution in [0.1, 0.15) is 40.2 Å². The summed E-state index contributed by atoms with van der Waals surface area (Å²) in [4.78, 5) is 31.2. The highest BCUT2D eigenvalue weighted by molar-refractivity contribution is 8.00. The lowest BCUT2D eigenvalue weighted by Crippen LogP contribution is -2.54. The van der Waals surface area contributed by atoms with E-state index < -0.39 is 0 Å². The van der Waals surface area contributed by atoms with Gasteiger partial charge in [-0.25, -0.2) is 0 Å². The Labute approximate surface area is 222 Å². The number of amides is 2. The fraction of sp³-hybridized carbons (Fsp3) is 0.333. The highest BCUT2D eigenvalue weighted by Gasteiger charge is 2.47. The Morgan fingerprint density at radius 3 is 1.86 bits per heavy atom. The molecule has 1 spiro atoms. The van der Waals surface area contributed by atoms with Gasteiger partial charge in [-0.15, -0.1) is 11.8 Å². The van der Waals surface area contributed by atoms with Gasteiger partial charge in [0, 0.05) is 37.0 Å². The SMILES string of the molecule is COc1cc(OC)cc(C(=O)N2CCSC23CCN(C(=O)C(c2ccccc2)c2ccccc2)CC3)c1. The maximum Gasteiger partial charge on any atom is 0.255 e. The Hall–Kier alpha value is -3.45. The molecule has 2 saturated heterocycles. The molecule has 3 aromatic rings. The van der Waals surface area contributed by atoms with E-state index in [4.69, 9.17) is 9.47 Å². The van der Waals surface area contributed by atoms with Crippen molar-refractivity contribution in [2.75, 3.05) is 39.6 Å². The first kappa shape index (κ1) is 25.2. The third kappa shape index (κ3) is 5.05. The van der Waals surface area contributed by atoms with Crippen molar-refractivity contribution in [2.45, 2.75) is 23.6 Å². The summed E-state index contributed by atoms with van der Waals surface area (Å²) in [6, 6.07) is 25.3. The van der Waals surface area contributed by atoms with Gasteiger partial charge in [0.15, 0.2) is 0 Å². The van der Waals surface area contributed by atoms with Crippen LogP contribution < -0.4 is 9.47 Å². The van der Waals surface area contributed by atoms with E-state index in [1.165, 1.54) is 0 Å². The predicted molar refractivity (Wildman–Crippen MR) is 146 cm³/mol. The fourth-order valence-electron chi connectivity index (χ4n) is 5.42. The van der Waals surface area contributed by atoms with E-state index in [2.05, 4.69) is 0 Å². The standard InChI is InChI=1S/C30H32N2O4S/c1-35-25-19-24(20-26(21-25)36-2)28(33)32-17-18-37-30(32)13-15-31(16-14-30)29(34)27(22-9-5-3-6-10-22)23-11-7-4-8-12-23/h3-12,19-21,27H,13-18H2,1-2H3. The number of ether oxygens (including phenoxy) is 2. The molecule has 0 aromatic heterocycles. The molecule has 192 valence electrons. The van der Waals surface area contributed by atoms with Crippen molar-refractivity contribution >= 4 is 23.6 Å². The van der Waals surface area contributed by atoms with E-state index in [0.29, 0.717) is 36.7 Å². The Bertz CT molecular complexity index is 1180. The van der Waals surface area contributed by atoms with E-state index in [1.54, 1.807) is 32.4 Å². The molecule has 0 N–H and O–H groups in total. The van der Waals surface area contributed by atoms with Crippen LogP contribution in [-0.4, -0.2) is 66.1 Å². The van der Waals surface area contributed by atoms with Crippen LogP contribution in [0.5, 0.6) is 11.5 Å². The third-order valence-corrected chi connectivity index (χ3v) is 8.94. The molecule has 37 heavy (non-hydrogen) atoms. The first-order valence-electron chi connectivity index (χ1n) is 12.6. The number of carbonyl (C=O) groups is 2. The largest absolute Gasteiger partial charge is 0.497 e. The minimum Gasteiger partial charge on any atom is -0.497 e. The molecule has 0 bridgehead atoms. The normalized spacial score (nSPS) is 16.7. The molecule has 2 amide bonds. The van der Waals surface area contributed by atoms with Crippen LogP contribution >= 0.6 is 11.8 Å². The first-order chi connectivity index (χ1) is 18.0. The van der Waals surface area contributed by atoms with E-state index in [1.807, 2.05) is 82.2 Å². The number of nitrogens with zero attached hydrogens (tertiary/aromatic N) is 2. The Morgan fingerprint density at radius 2 is 1.35 bits per heavy atom. The van der Waals surface area contributed by atoms with Crippen LogP contribution in [-0.2, 0) is 4.79 Å². The molecule has 2 aliphatic heterocycles. The molecule has 7 heteroatoms. The molecule has 0 aliphatic carbocycles. The van der Waals surface area contributed by atoms with Crippen molar-refractivity contribution in [3.8, 4) is 11.5 Å². The molecule has 2 heterocycles. The summed E-state index contributed by atoms with van der Waals surface area (Å²) in [7, 11) is 3.17.